The molecule has 26 heavy (non-hydrogen) atoms. The second-order valence-electron chi connectivity index (χ2n) is 6.25. The van der Waals surface area contributed by atoms with E-state index in [0.717, 1.165) is 11.1 Å². The number of amides is 1. The van der Waals surface area contributed by atoms with E-state index < -0.39 is 10.0 Å². The molecule has 8 heteroatoms. The van der Waals surface area contributed by atoms with Crippen molar-refractivity contribution in [1.82, 2.24) is 19.0 Å². The van der Waals surface area contributed by atoms with Crippen LogP contribution in [0.4, 0.5) is 0 Å². The largest absolute Gasteiger partial charge is 0.337 e. The summed E-state index contributed by atoms with van der Waals surface area (Å²) in [6, 6.07) is 4.72. The number of nitrogens with zero attached hydrogens (tertiary/aromatic N) is 4. The van der Waals surface area contributed by atoms with E-state index in [2.05, 4.69) is 5.10 Å². The fourth-order valence-electron chi connectivity index (χ4n) is 2.81. The summed E-state index contributed by atoms with van der Waals surface area (Å²) in [6.07, 6.45) is 3.55. The van der Waals surface area contributed by atoms with Crippen LogP contribution in [0.5, 0.6) is 0 Å². The molecule has 0 spiro atoms. The third-order valence-corrected chi connectivity index (χ3v) is 6.35. The molecule has 1 aromatic carbocycles. The van der Waals surface area contributed by atoms with E-state index in [1.54, 1.807) is 55.7 Å². The van der Waals surface area contributed by atoms with Gasteiger partial charge in [0.05, 0.1) is 11.1 Å². The molecule has 1 aromatic heterocycles. The van der Waals surface area contributed by atoms with Crippen LogP contribution in [-0.4, -0.2) is 53.4 Å². The molecule has 0 N–H and O–H groups in total. The van der Waals surface area contributed by atoms with Crippen LogP contribution in [-0.2, 0) is 23.6 Å². The SMILES string of the molecule is CCN(CC)S(=O)(=O)c1ccc(C)c(C(=O)N(C)Cc2cnn(C)c2)c1. The first-order chi connectivity index (χ1) is 12.2. The molecular formula is C18H26N4O3S. The fraction of sp³-hybridized carbons (Fsp3) is 0.444. The van der Waals surface area contributed by atoms with Gasteiger partial charge in [0.1, 0.15) is 0 Å². The Morgan fingerprint density at radius 3 is 2.42 bits per heavy atom. The number of hydrogen-bond donors (Lipinski definition) is 0. The van der Waals surface area contributed by atoms with Gasteiger partial charge in [0, 0.05) is 51.1 Å². The second-order valence-corrected chi connectivity index (χ2v) is 8.19. The van der Waals surface area contributed by atoms with Gasteiger partial charge >= 0.3 is 0 Å². The van der Waals surface area contributed by atoms with Crippen molar-refractivity contribution in [2.75, 3.05) is 20.1 Å². The summed E-state index contributed by atoms with van der Waals surface area (Å²) in [6.45, 7) is 6.57. The predicted molar refractivity (Wildman–Crippen MR) is 100 cm³/mol. The summed E-state index contributed by atoms with van der Waals surface area (Å²) in [5, 5.41) is 4.10. The number of hydrogen-bond acceptors (Lipinski definition) is 4. The first kappa shape index (κ1) is 20.1. The summed E-state index contributed by atoms with van der Waals surface area (Å²) in [5.74, 6) is -0.219. The minimum atomic E-state index is -3.61. The second kappa shape index (κ2) is 8.01. The minimum Gasteiger partial charge on any atom is -0.337 e. The zero-order chi connectivity index (χ0) is 19.5. The van der Waals surface area contributed by atoms with Crippen LogP contribution in [0.3, 0.4) is 0 Å². The first-order valence-corrected chi connectivity index (χ1v) is 9.98. The number of benzene rings is 1. The number of carbonyl (C=O) groups is 1. The number of aromatic nitrogens is 2. The topological polar surface area (TPSA) is 75.5 Å². The quantitative estimate of drug-likeness (QED) is 0.739. The Morgan fingerprint density at radius 2 is 1.88 bits per heavy atom. The molecule has 0 bridgehead atoms. The maximum Gasteiger partial charge on any atom is 0.254 e. The summed E-state index contributed by atoms with van der Waals surface area (Å²) < 4.78 is 28.5. The van der Waals surface area contributed by atoms with Crippen molar-refractivity contribution in [3.05, 3.63) is 47.3 Å². The third kappa shape index (κ3) is 4.13. The Kier molecular flexibility index (Phi) is 6.20. The summed E-state index contributed by atoms with van der Waals surface area (Å²) >= 11 is 0. The van der Waals surface area contributed by atoms with Crippen LogP contribution >= 0.6 is 0 Å². The van der Waals surface area contributed by atoms with Crippen molar-refractivity contribution in [3.63, 3.8) is 0 Å². The van der Waals surface area contributed by atoms with Gasteiger partial charge in [0.15, 0.2) is 0 Å². The smallest absolute Gasteiger partial charge is 0.254 e. The molecule has 0 saturated heterocycles. The van der Waals surface area contributed by atoms with E-state index in [-0.39, 0.29) is 10.8 Å². The lowest BCUT2D eigenvalue weighted by Crippen LogP contribution is -2.31. The Labute approximate surface area is 155 Å². The third-order valence-electron chi connectivity index (χ3n) is 4.31. The molecule has 0 atom stereocenters. The zero-order valence-electron chi connectivity index (χ0n) is 15.9. The van der Waals surface area contributed by atoms with Gasteiger partial charge in [-0.2, -0.15) is 9.40 Å². The number of rotatable bonds is 7. The van der Waals surface area contributed by atoms with E-state index in [4.69, 9.17) is 0 Å². The van der Waals surface area contributed by atoms with E-state index >= 15 is 0 Å². The molecule has 7 nitrogen and oxygen atoms in total. The summed E-state index contributed by atoms with van der Waals surface area (Å²) in [4.78, 5) is 14.6. The lowest BCUT2D eigenvalue weighted by atomic mass is 10.1. The Bertz CT molecular complexity index is 886. The van der Waals surface area contributed by atoms with Gasteiger partial charge in [-0.05, 0) is 24.6 Å². The highest BCUT2D eigenvalue weighted by Gasteiger charge is 2.24. The molecule has 0 aliphatic carbocycles. The average Bonchev–Trinajstić information content (AvgIpc) is 3.00. The molecule has 142 valence electrons. The zero-order valence-corrected chi connectivity index (χ0v) is 16.7. The summed E-state index contributed by atoms with van der Waals surface area (Å²) in [7, 11) is -0.0947. The Morgan fingerprint density at radius 1 is 1.23 bits per heavy atom. The van der Waals surface area contributed by atoms with Crippen LogP contribution in [0.25, 0.3) is 0 Å². The maximum absolute atomic E-state index is 12.9. The molecule has 1 heterocycles. The standard InChI is InChI=1S/C18H26N4O3S/c1-6-22(7-2)26(24,25)16-9-8-14(3)17(10-16)18(23)20(4)12-15-11-19-21(5)13-15/h8-11,13H,6-7,12H2,1-5H3. The van der Waals surface area contributed by atoms with Crippen molar-refractivity contribution in [1.29, 1.82) is 0 Å². The van der Waals surface area contributed by atoms with E-state index in [0.29, 0.717) is 25.2 Å². The Balaban J connectivity index is 2.32. The molecule has 0 unspecified atom stereocenters. The van der Waals surface area contributed by atoms with Gasteiger partial charge in [0.25, 0.3) is 5.91 Å². The van der Waals surface area contributed by atoms with Crippen molar-refractivity contribution in [2.24, 2.45) is 7.05 Å². The maximum atomic E-state index is 12.9. The van der Waals surface area contributed by atoms with Crippen LogP contribution < -0.4 is 0 Å². The van der Waals surface area contributed by atoms with Crippen LogP contribution in [0.2, 0.25) is 0 Å². The molecule has 2 aromatic rings. The van der Waals surface area contributed by atoms with Crippen molar-refractivity contribution in [2.45, 2.75) is 32.2 Å². The van der Waals surface area contributed by atoms with Crippen LogP contribution in [0.15, 0.2) is 35.5 Å². The van der Waals surface area contributed by atoms with Crippen LogP contribution in [0, 0.1) is 6.92 Å². The predicted octanol–water partition coefficient (Wildman–Crippen LogP) is 2.03. The Hall–Kier alpha value is -2.19. The van der Waals surface area contributed by atoms with Gasteiger partial charge in [-0.1, -0.05) is 19.9 Å². The number of aryl methyl sites for hydroxylation is 2. The van der Waals surface area contributed by atoms with Gasteiger partial charge in [-0.15, -0.1) is 0 Å². The van der Waals surface area contributed by atoms with E-state index in [1.807, 2.05) is 13.2 Å². The van der Waals surface area contributed by atoms with Gasteiger partial charge < -0.3 is 4.90 Å². The van der Waals surface area contributed by atoms with Crippen LogP contribution in [0.1, 0.15) is 35.3 Å². The molecule has 0 radical (unpaired) electrons. The molecule has 0 saturated carbocycles. The molecule has 0 aliphatic heterocycles. The average molecular weight is 378 g/mol. The normalized spacial score (nSPS) is 11.8. The molecule has 0 fully saturated rings. The van der Waals surface area contributed by atoms with Gasteiger partial charge in [0.2, 0.25) is 10.0 Å². The molecule has 2 rings (SSSR count). The molecule has 1 amide bonds. The highest BCUT2D eigenvalue weighted by molar-refractivity contribution is 7.89. The monoisotopic (exact) mass is 378 g/mol. The molecule has 0 aliphatic rings. The van der Waals surface area contributed by atoms with E-state index in [9.17, 15) is 13.2 Å². The van der Waals surface area contributed by atoms with Crippen molar-refractivity contribution >= 4 is 15.9 Å². The minimum absolute atomic E-state index is 0.143. The van der Waals surface area contributed by atoms with Gasteiger partial charge in [-0.3, -0.25) is 9.48 Å². The van der Waals surface area contributed by atoms with Crippen molar-refractivity contribution < 1.29 is 13.2 Å². The first-order valence-electron chi connectivity index (χ1n) is 8.54. The van der Waals surface area contributed by atoms with Gasteiger partial charge in [-0.25, -0.2) is 8.42 Å². The highest BCUT2D eigenvalue weighted by atomic mass is 32.2. The summed E-state index contributed by atoms with van der Waals surface area (Å²) in [5.41, 5.74) is 2.05. The number of carbonyl (C=O) groups excluding carboxylic acids is 1. The molecular weight excluding hydrogens is 352 g/mol. The van der Waals surface area contributed by atoms with E-state index in [1.165, 1.54) is 10.4 Å². The fourth-order valence-corrected chi connectivity index (χ4v) is 4.29. The highest BCUT2D eigenvalue weighted by Crippen LogP contribution is 2.21. The lowest BCUT2D eigenvalue weighted by molar-refractivity contribution is 0.0784. The number of sulfonamides is 1. The lowest BCUT2D eigenvalue weighted by Gasteiger charge is -2.21. The van der Waals surface area contributed by atoms with Crippen molar-refractivity contribution in [3.8, 4) is 0 Å².